The Morgan fingerprint density at radius 1 is 1.28 bits per heavy atom. The second kappa shape index (κ2) is 12.8. The summed E-state index contributed by atoms with van der Waals surface area (Å²) in [4.78, 5) is 12.4. The predicted octanol–water partition coefficient (Wildman–Crippen LogP) is 4.26. The molecule has 0 saturated carbocycles. The average Bonchev–Trinajstić information content (AvgIpc) is 3.14. The van der Waals surface area contributed by atoms with Crippen LogP contribution in [0.25, 0.3) is 0 Å². The highest BCUT2D eigenvalue weighted by Gasteiger charge is 2.33. The lowest BCUT2D eigenvalue weighted by molar-refractivity contribution is -0.140. The van der Waals surface area contributed by atoms with Crippen LogP contribution in [0.2, 0.25) is 0 Å². The van der Waals surface area contributed by atoms with Crippen molar-refractivity contribution in [1.82, 2.24) is 20.6 Å². The first kappa shape index (κ1) is 25.4. The molecular formula is C18H25F3IN5OS. The zero-order valence-electron chi connectivity index (χ0n) is 16.3. The Morgan fingerprint density at radius 3 is 2.72 bits per heavy atom. The molecule has 11 heteroatoms. The van der Waals surface area contributed by atoms with E-state index in [4.69, 9.17) is 4.74 Å². The molecule has 0 fully saturated rings. The molecule has 0 atom stereocenters. The number of halogens is 4. The SMILES string of the molecule is CCCOc1ncccc1CN=C(NCC)NCCc1nc(C(F)(F)F)cs1.I. The van der Waals surface area contributed by atoms with Crippen molar-refractivity contribution in [2.24, 2.45) is 4.99 Å². The summed E-state index contributed by atoms with van der Waals surface area (Å²) in [7, 11) is 0. The predicted molar refractivity (Wildman–Crippen MR) is 119 cm³/mol. The highest BCUT2D eigenvalue weighted by molar-refractivity contribution is 14.0. The zero-order chi connectivity index (χ0) is 20.4. The third-order valence-corrected chi connectivity index (χ3v) is 4.43. The Morgan fingerprint density at radius 2 is 2.07 bits per heavy atom. The van der Waals surface area contributed by atoms with Crippen molar-refractivity contribution in [1.29, 1.82) is 0 Å². The summed E-state index contributed by atoms with van der Waals surface area (Å²) in [6, 6.07) is 3.73. The summed E-state index contributed by atoms with van der Waals surface area (Å²) < 4.78 is 43.5. The van der Waals surface area contributed by atoms with Gasteiger partial charge in [-0.25, -0.2) is 15.0 Å². The van der Waals surface area contributed by atoms with E-state index in [1.54, 1.807) is 6.20 Å². The van der Waals surface area contributed by atoms with Crippen LogP contribution < -0.4 is 15.4 Å². The van der Waals surface area contributed by atoms with E-state index in [2.05, 4.69) is 25.6 Å². The van der Waals surface area contributed by atoms with Crippen molar-refractivity contribution in [3.8, 4) is 5.88 Å². The molecule has 0 aromatic carbocycles. The van der Waals surface area contributed by atoms with Gasteiger partial charge in [-0.2, -0.15) is 13.2 Å². The van der Waals surface area contributed by atoms with Crippen LogP contribution in [0.5, 0.6) is 5.88 Å². The maximum absolute atomic E-state index is 12.6. The molecule has 2 rings (SSSR count). The summed E-state index contributed by atoms with van der Waals surface area (Å²) in [6.45, 7) is 6.00. The molecule has 6 nitrogen and oxygen atoms in total. The van der Waals surface area contributed by atoms with Crippen molar-refractivity contribution in [2.75, 3.05) is 19.7 Å². The van der Waals surface area contributed by atoms with Crippen LogP contribution in [0.4, 0.5) is 13.2 Å². The third kappa shape index (κ3) is 8.72. The molecule has 2 aromatic rings. The number of hydrogen-bond donors (Lipinski definition) is 2. The van der Waals surface area contributed by atoms with Crippen molar-refractivity contribution in [3.05, 3.63) is 40.0 Å². The van der Waals surface area contributed by atoms with E-state index in [1.165, 1.54) is 0 Å². The maximum Gasteiger partial charge on any atom is 0.434 e. The lowest BCUT2D eigenvalue weighted by Crippen LogP contribution is -2.38. The van der Waals surface area contributed by atoms with Gasteiger partial charge in [-0.05, 0) is 19.4 Å². The minimum absolute atomic E-state index is 0. The minimum Gasteiger partial charge on any atom is -0.477 e. The summed E-state index contributed by atoms with van der Waals surface area (Å²) in [5.41, 5.74) is 0.0205. The fraction of sp³-hybridized carbons (Fsp3) is 0.500. The summed E-state index contributed by atoms with van der Waals surface area (Å²) in [5, 5.41) is 7.69. The van der Waals surface area contributed by atoms with Crippen LogP contribution in [0.1, 0.15) is 36.5 Å². The molecule has 0 saturated heterocycles. The first-order chi connectivity index (χ1) is 13.4. The van der Waals surface area contributed by atoms with E-state index in [9.17, 15) is 13.2 Å². The molecule has 2 heterocycles. The molecule has 162 valence electrons. The normalized spacial score (nSPS) is 11.7. The van der Waals surface area contributed by atoms with Gasteiger partial charge in [-0.1, -0.05) is 13.0 Å². The Kier molecular flexibility index (Phi) is 11.2. The Hall–Kier alpha value is -1.63. The van der Waals surface area contributed by atoms with Gasteiger partial charge in [-0.15, -0.1) is 35.3 Å². The number of pyridine rings is 1. The maximum atomic E-state index is 12.6. The van der Waals surface area contributed by atoms with Gasteiger partial charge in [0.1, 0.15) is 0 Å². The van der Waals surface area contributed by atoms with Crippen LogP contribution >= 0.6 is 35.3 Å². The number of nitrogens with one attached hydrogen (secondary N) is 2. The van der Waals surface area contributed by atoms with Crippen LogP contribution in [-0.4, -0.2) is 35.6 Å². The lowest BCUT2D eigenvalue weighted by Gasteiger charge is -2.12. The second-order valence-corrected chi connectivity index (χ2v) is 6.75. The molecule has 2 aromatic heterocycles. The topological polar surface area (TPSA) is 71.4 Å². The molecule has 0 bridgehead atoms. The molecule has 0 amide bonds. The number of thiazole rings is 1. The van der Waals surface area contributed by atoms with Gasteiger partial charge in [0.25, 0.3) is 0 Å². The van der Waals surface area contributed by atoms with Crippen molar-refractivity contribution >= 4 is 41.3 Å². The largest absolute Gasteiger partial charge is 0.477 e. The summed E-state index contributed by atoms with van der Waals surface area (Å²) >= 11 is 1.01. The number of nitrogens with zero attached hydrogens (tertiary/aromatic N) is 3. The van der Waals surface area contributed by atoms with Crippen molar-refractivity contribution < 1.29 is 17.9 Å². The van der Waals surface area contributed by atoms with Crippen molar-refractivity contribution in [3.63, 3.8) is 0 Å². The monoisotopic (exact) mass is 543 g/mol. The molecule has 0 aliphatic heterocycles. The van der Waals surface area contributed by atoms with E-state index < -0.39 is 11.9 Å². The molecule has 0 spiro atoms. The molecule has 0 aliphatic carbocycles. The molecule has 29 heavy (non-hydrogen) atoms. The van der Waals surface area contributed by atoms with Gasteiger partial charge >= 0.3 is 6.18 Å². The number of rotatable bonds is 9. The highest BCUT2D eigenvalue weighted by Crippen LogP contribution is 2.30. The van der Waals surface area contributed by atoms with E-state index >= 15 is 0 Å². The molecule has 0 aliphatic rings. The van der Waals surface area contributed by atoms with Crippen LogP contribution in [0, 0.1) is 0 Å². The number of guanidine groups is 1. The fourth-order valence-electron chi connectivity index (χ4n) is 2.22. The van der Waals surface area contributed by atoms with E-state index in [1.807, 2.05) is 26.0 Å². The Labute approximate surface area is 189 Å². The quantitative estimate of drug-likeness (QED) is 0.281. The van der Waals surface area contributed by atoms with Gasteiger partial charge in [0.15, 0.2) is 11.7 Å². The number of aliphatic imine (C=N–C) groups is 1. The minimum atomic E-state index is -4.40. The molecule has 2 N–H and O–H groups in total. The van der Waals surface area contributed by atoms with E-state index in [0.29, 0.717) is 49.5 Å². The van der Waals surface area contributed by atoms with Crippen LogP contribution in [-0.2, 0) is 19.1 Å². The third-order valence-electron chi connectivity index (χ3n) is 3.52. The standard InChI is InChI=1S/C18H24F3N5OS.HI/c1-3-10-27-16-13(6-5-8-23-16)11-25-17(22-4-2)24-9-7-15-26-14(12-28-15)18(19,20)21;/h5-6,8,12H,3-4,7,9-11H2,1-2H3,(H2,22,24,25);1H. The smallest absolute Gasteiger partial charge is 0.434 e. The number of ether oxygens (including phenoxy) is 1. The first-order valence-corrected chi connectivity index (χ1v) is 9.92. The Bertz CT molecular complexity index is 770. The van der Waals surface area contributed by atoms with E-state index in [-0.39, 0.29) is 24.0 Å². The summed E-state index contributed by atoms with van der Waals surface area (Å²) in [5.74, 6) is 1.13. The number of aromatic nitrogens is 2. The molecule has 0 unspecified atom stereocenters. The molecular weight excluding hydrogens is 518 g/mol. The van der Waals surface area contributed by atoms with Crippen LogP contribution in [0.15, 0.2) is 28.7 Å². The highest BCUT2D eigenvalue weighted by atomic mass is 127. The Balaban J connectivity index is 0.00000420. The van der Waals surface area contributed by atoms with Gasteiger partial charge in [0.05, 0.1) is 18.2 Å². The second-order valence-electron chi connectivity index (χ2n) is 5.81. The van der Waals surface area contributed by atoms with Crippen LogP contribution in [0.3, 0.4) is 0 Å². The number of alkyl halides is 3. The number of hydrogen-bond acceptors (Lipinski definition) is 5. The van der Waals surface area contributed by atoms with E-state index in [0.717, 1.165) is 28.7 Å². The van der Waals surface area contributed by atoms with Gasteiger partial charge in [0, 0.05) is 36.7 Å². The van der Waals surface area contributed by atoms with Gasteiger partial charge in [-0.3, -0.25) is 0 Å². The molecule has 0 radical (unpaired) electrons. The first-order valence-electron chi connectivity index (χ1n) is 9.04. The van der Waals surface area contributed by atoms with Gasteiger partial charge < -0.3 is 15.4 Å². The summed E-state index contributed by atoms with van der Waals surface area (Å²) in [6.07, 6.45) is -1.47. The average molecular weight is 543 g/mol. The fourth-order valence-corrected chi connectivity index (χ4v) is 3.03. The lowest BCUT2D eigenvalue weighted by atomic mass is 10.3. The van der Waals surface area contributed by atoms with Gasteiger partial charge in [0.2, 0.25) is 5.88 Å². The zero-order valence-corrected chi connectivity index (χ0v) is 19.4. The van der Waals surface area contributed by atoms with Crippen molar-refractivity contribution in [2.45, 2.75) is 39.4 Å².